The van der Waals surface area contributed by atoms with E-state index in [0.29, 0.717) is 37.8 Å². The Morgan fingerprint density at radius 2 is 1.41 bits per heavy atom. The van der Waals surface area contributed by atoms with E-state index in [9.17, 15) is 53.4 Å². The van der Waals surface area contributed by atoms with Gasteiger partial charge in [-0.15, -0.1) is 0 Å². The van der Waals surface area contributed by atoms with Crippen LogP contribution in [0.3, 0.4) is 0 Å². The topological polar surface area (TPSA) is 322 Å². The molecule has 3 rings (SSSR count). The first-order valence-corrected chi connectivity index (χ1v) is 20.0. The van der Waals surface area contributed by atoms with Crippen molar-refractivity contribution in [2.24, 2.45) is 17.4 Å². The third-order valence-corrected chi connectivity index (χ3v) is 10.2. The lowest BCUT2D eigenvalue weighted by atomic mass is 10.00. The Morgan fingerprint density at radius 1 is 0.780 bits per heavy atom. The first kappa shape index (κ1) is 47.7. The molecular weight excluding hydrogens is 770 g/mol. The molecule has 0 aromatic heterocycles. The molecule has 1 aromatic carbocycles. The number of carbonyl (C=O) groups is 9. The van der Waals surface area contributed by atoms with E-state index >= 15 is 0 Å². The third-order valence-electron chi connectivity index (χ3n) is 10.2. The van der Waals surface area contributed by atoms with Gasteiger partial charge in [0.15, 0.2) is 0 Å². The lowest BCUT2D eigenvalue weighted by molar-refractivity contribution is -0.149. The first-order chi connectivity index (χ1) is 28.0. The summed E-state index contributed by atoms with van der Waals surface area (Å²) in [6, 6.07) is 0.280. The van der Waals surface area contributed by atoms with E-state index in [1.165, 1.54) is 4.90 Å². The van der Waals surface area contributed by atoms with Crippen LogP contribution in [0, 0.1) is 5.92 Å². The van der Waals surface area contributed by atoms with E-state index < -0.39 is 108 Å². The number of aliphatic carboxylic acids is 2. The Kier molecular flexibility index (Phi) is 19.2. The minimum absolute atomic E-state index is 0.0314. The van der Waals surface area contributed by atoms with Gasteiger partial charge in [0.05, 0.1) is 12.5 Å². The Bertz CT molecular complexity index is 1660. The number of primary amides is 1. The quantitative estimate of drug-likeness (QED) is 0.0505. The van der Waals surface area contributed by atoms with Gasteiger partial charge in [-0.3, -0.25) is 38.4 Å². The van der Waals surface area contributed by atoms with Crippen molar-refractivity contribution in [1.82, 2.24) is 36.8 Å². The highest BCUT2D eigenvalue weighted by Crippen LogP contribution is 2.20. The van der Waals surface area contributed by atoms with Crippen LogP contribution in [0.2, 0.25) is 0 Å². The monoisotopic (exact) mass is 829 g/mol. The van der Waals surface area contributed by atoms with Gasteiger partial charge >= 0.3 is 11.9 Å². The summed E-state index contributed by atoms with van der Waals surface area (Å²) in [5.74, 6) is -8.71. The maximum Gasteiger partial charge on any atom is 0.326 e. The number of amides is 7. The zero-order valence-corrected chi connectivity index (χ0v) is 33.6. The second kappa shape index (κ2) is 23.7. The van der Waals surface area contributed by atoms with E-state index in [2.05, 4.69) is 31.9 Å². The molecule has 20 nitrogen and oxygen atoms in total. The molecule has 2 heterocycles. The van der Waals surface area contributed by atoms with Crippen molar-refractivity contribution < 1.29 is 53.4 Å². The molecule has 7 amide bonds. The van der Waals surface area contributed by atoms with Gasteiger partial charge in [0.2, 0.25) is 41.4 Å². The summed E-state index contributed by atoms with van der Waals surface area (Å²) in [4.78, 5) is 118. The summed E-state index contributed by atoms with van der Waals surface area (Å²) in [5.41, 5.74) is 11.7. The van der Waals surface area contributed by atoms with E-state index in [-0.39, 0.29) is 45.2 Å². The van der Waals surface area contributed by atoms with Crippen molar-refractivity contribution in [3.8, 4) is 0 Å². The molecule has 7 atom stereocenters. The van der Waals surface area contributed by atoms with E-state index in [0.717, 1.165) is 6.42 Å². The average Bonchev–Trinajstić information content (AvgIpc) is 3.91. The maximum absolute atomic E-state index is 14.0. The second-order valence-corrected chi connectivity index (χ2v) is 15.2. The highest BCUT2D eigenvalue weighted by Gasteiger charge is 2.39. The molecule has 12 N–H and O–H groups in total. The van der Waals surface area contributed by atoms with Gasteiger partial charge in [0.1, 0.15) is 36.3 Å². The molecule has 0 saturated carbocycles. The van der Waals surface area contributed by atoms with Crippen molar-refractivity contribution >= 4 is 53.3 Å². The van der Waals surface area contributed by atoms with Crippen LogP contribution in [0.5, 0.6) is 0 Å². The number of unbranched alkanes of at least 4 members (excludes halogenated alkanes) is 1. The molecule has 0 bridgehead atoms. The highest BCUT2D eigenvalue weighted by molar-refractivity contribution is 5.98. The van der Waals surface area contributed by atoms with Crippen molar-refractivity contribution in [1.29, 1.82) is 0 Å². The van der Waals surface area contributed by atoms with Crippen LogP contribution in [-0.2, 0) is 49.6 Å². The van der Waals surface area contributed by atoms with Gasteiger partial charge in [0.25, 0.3) is 0 Å². The Morgan fingerprint density at radius 3 is 1.98 bits per heavy atom. The molecule has 0 aliphatic carbocycles. The van der Waals surface area contributed by atoms with Crippen molar-refractivity contribution in [3.05, 3.63) is 35.9 Å². The molecule has 0 unspecified atom stereocenters. The number of hydrogen-bond donors (Lipinski definition) is 10. The van der Waals surface area contributed by atoms with Gasteiger partial charge in [0, 0.05) is 19.4 Å². The first-order valence-electron chi connectivity index (χ1n) is 20.0. The summed E-state index contributed by atoms with van der Waals surface area (Å²) in [6.45, 7) is 4.24. The third kappa shape index (κ3) is 15.2. The number of nitrogens with one attached hydrogen (secondary N) is 6. The molecule has 1 aromatic rings. The van der Waals surface area contributed by atoms with Crippen LogP contribution in [0.15, 0.2) is 30.3 Å². The lowest BCUT2D eigenvalue weighted by Gasteiger charge is -2.30. The summed E-state index contributed by atoms with van der Waals surface area (Å²) < 4.78 is 0. The molecule has 0 radical (unpaired) electrons. The molecule has 2 aliphatic rings. The minimum atomic E-state index is -1.74. The maximum atomic E-state index is 14.0. The normalized spacial score (nSPS) is 18.7. The van der Waals surface area contributed by atoms with Crippen LogP contribution in [0.1, 0.15) is 83.6 Å². The SMILES string of the molecule is CC(C)[C@H](NC(=O)[C@H](CC(=O)O)NC(=O)[C@H](CCC(N)=O)NC(=O)[C@@H]1CCCN1)C(=O)N[C@@H](CCCCN)C(=O)N[C@@H](Cc1ccccc1)C(=O)N1CCC[C@H]1C(=O)O. The predicted octanol–water partition coefficient (Wildman–Crippen LogP) is -1.99. The second-order valence-electron chi connectivity index (χ2n) is 15.2. The standard InChI is InChI=1S/C39H59N9O11/c1-22(2)32(47-36(55)27(21-31(50)51)45-35(54)26(15-16-30(41)49)43-33(52)24-13-8-18-42-24)37(56)44-25(12-6-7-17-40)34(53)46-28(20-23-10-4-3-5-11-23)38(57)48-19-9-14-29(48)39(58)59/h3-5,10-11,22,24-29,32,42H,6-9,12-21,40H2,1-2H3,(H2,41,49)(H,43,52)(H,44,56)(H,45,54)(H,46,53)(H,47,55)(H,50,51)(H,58,59)/t24-,25-,26-,27-,28-,29-,32-/m0/s1. The summed E-state index contributed by atoms with van der Waals surface area (Å²) in [6.07, 6.45) is 1.49. The van der Waals surface area contributed by atoms with Crippen molar-refractivity contribution in [2.45, 2.75) is 127 Å². The van der Waals surface area contributed by atoms with E-state index in [4.69, 9.17) is 11.5 Å². The molecular formula is C39H59N9O11. The van der Waals surface area contributed by atoms with Gasteiger partial charge < -0.3 is 58.5 Å². The van der Waals surface area contributed by atoms with Crippen LogP contribution in [0.4, 0.5) is 0 Å². The fourth-order valence-corrected chi connectivity index (χ4v) is 7.01. The summed E-state index contributed by atoms with van der Waals surface area (Å²) in [7, 11) is 0. The van der Waals surface area contributed by atoms with Crippen molar-refractivity contribution in [3.63, 3.8) is 0 Å². The number of hydrogen-bond acceptors (Lipinski definition) is 11. The molecule has 20 heteroatoms. The summed E-state index contributed by atoms with van der Waals surface area (Å²) >= 11 is 0. The molecule has 59 heavy (non-hydrogen) atoms. The average molecular weight is 830 g/mol. The minimum Gasteiger partial charge on any atom is -0.481 e. The van der Waals surface area contributed by atoms with E-state index in [1.807, 2.05) is 0 Å². The van der Waals surface area contributed by atoms with Gasteiger partial charge in [-0.05, 0) is 75.9 Å². The van der Waals surface area contributed by atoms with Gasteiger partial charge in [-0.25, -0.2) is 4.79 Å². The van der Waals surface area contributed by atoms with Crippen LogP contribution in [-0.4, -0.2) is 130 Å². The molecule has 2 fully saturated rings. The fourth-order valence-electron chi connectivity index (χ4n) is 7.01. The summed E-state index contributed by atoms with van der Waals surface area (Å²) in [5, 5.41) is 35.1. The number of nitrogens with zero attached hydrogens (tertiary/aromatic N) is 1. The largest absolute Gasteiger partial charge is 0.481 e. The lowest BCUT2D eigenvalue weighted by Crippen LogP contribution is -2.61. The Hall–Kier alpha value is -5.63. The van der Waals surface area contributed by atoms with Gasteiger partial charge in [-0.1, -0.05) is 44.2 Å². The molecule has 2 saturated heterocycles. The number of carboxylic acids is 2. The fraction of sp³-hybridized carbons (Fsp3) is 0.615. The number of carboxylic acid groups (broad SMARTS) is 2. The zero-order chi connectivity index (χ0) is 43.6. The number of benzene rings is 1. The molecule has 326 valence electrons. The predicted molar refractivity (Wildman–Crippen MR) is 212 cm³/mol. The number of nitrogens with two attached hydrogens (primary N) is 2. The highest BCUT2D eigenvalue weighted by atomic mass is 16.4. The van der Waals surface area contributed by atoms with Crippen LogP contribution in [0.25, 0.3) is 0 Å². The molecule has 2 aliphatic heterocycles. The van der Waals surface area contributed by atoms with Crippen LogP contribution < -0.4 is 43.4 Å². The van der Waals surface area contributed by atoms with E-state index in [1.54, 1.807) is 44.2 Å². The number of likely N-dealkylation sites (tertiary alicyclic amines) is 1. The zero-order valence-electron chi connectivity index (χ0n) is 33.6. The van der Waals surface area contributed by atoms with Crippen LogP contribution >= 0.6 is 0 Å². The number of rotatable bonds is 24. The van der Waals surface area contributed by atoms with Crippen molar-refractivity contribution in [2.75, 3.05) is 19.6 Å². The molecule has 0 spiro atoms. The Labute approximate surface area is 342 Å². The number of carbonyl (C=O) groups excluding carboxylic acids is 7. The Balaban J connectivity index is 1.81. The van der Waals surface area contributed by atoms with Gasteiger partial charge in [-0.2, -0.15) is 0 Å². The smallest absolute Gasteiger partial charge is 0.326 e.